The van der Waals surface area contributed by atoms with Gasteiger partial charge in [-0.05, 0) is 30.2 Å². The molecular weight excluding hydrogens is 340 g/mol. The van der Waals surface area contributed by atoms with Crippen molar-refractivity contribution < 1.29 is 9.59 Å². The predicted octanol–water partition coefficient (Wildman–Crippen LogP) is 3.03. The SMILES string of the molecule is CC(C)CC(=O)Nc1ccc(N2CCN(C(=O)c3ccccc3)CC2)nc1. The van der Waals surface area contributed by atoms with Gasteiger partial charge in [0, 0.05) is 38.2 Å². The Labute approximate surface area is 160 Å². The van der Waals surface area contributed by atoms with E-state index < -0.39 is 0 Å². The van der Waals surface area contributed by atoms with Gasteiger partial charge in [0.1, 0.15) is 5.82 Å². The van der Waals surface area contributed by atoms with E-state index >= 15 is 0 Å². The number of hydrogen-bond donors (Lipinski definition) is 1. The van der Waals surface area contributed by atoms with Gasteiger partial charge in [0.2, 0.25) is 5.91 Å². The number of nitrogens with zero attached hydrogens (tertiary/aromatic N) is 3. The van der Waals surface area contributed by atoms with Crippen LogP contribution in [0.15, 0.2) is 48.7 Å². The molecule has 2 aromatic rings. The van der Waals surface area contributed by atoms with E-state index in [2.05, 4.69) is 15.2 Å². The van der Waals surface area contributed by atoms with E-state index in [9.17, 15) is 9.59 Å². The van der Waals surface area contributed by atoms with Crippen LogP contribution in [0.1, 0.15) is 30.6 Å². The lowest BCUT2D eigenvalue weighted by atomic mass is 10.1. The summed E-state index contributed by atoms with van der Waals surface area (Å²) < 4.78 is 0. The first kappa shape index (κ1) is 18.9. The molecule has 6 nitrogen and oxygen atoms in total. The minimum atomic E-state index is 0.00703. The molecule has 0 radical (unpaired) electrons. The zero-order chi connectivity index (χ0) is 19.2. The number of nitrogens with one attached hydrogen (secondary N) is 1. The molecule has 1 saturated heterocycles. The number of piperazine rings is 1. The molecule has 2 amide bonds. The third-order valence-corrected chi connectivity index (χ3v) is 4.54. The number of hydrogen-bond acceptors (Lipinski definition) is 4. The van der Waals surface area contributed by atoms with Crippen LogP contribution in [0, 0.1) is 5.92 Å². The van der Waals surface area contributed by atoms with Crippen molar-refractivity contribution in [3.8, 4) is 0 Å². The van der Waals surface area contributed by atoms with E-state index in [1.807, 2.05) is 61.2 Å². The Hall–Kier alpha value is -2.89. The molecule has 0 bridgehead atoms. The van der Waals surface area contributed by atoms with E-state index in [0.29, 0.717) is 31.1 Å². The van der Waals surface area contributed by atoms with Gasteiger partial charge in [-0.1, -0.05) is 32.0 Å². The van der Waals surface area contributed by atoms with Crippen molar-refractivity contribution in [2.75, 3.05) is 36.4 Å². The van der Waals surface area contributed by atoms with Gasteiger partial charge in [-0.25, -0.2) is 4.98 Å². The molecule has 0 spiro atoms. The zero-order valence-corrected chi connectivity index (χ0v) is 15.9. The van der Waals surface area contributed by atoms with Gasteiger partial charge >= 0.3 is 0 Å². The van der Waals surface area contributed by atoms with Crippen LogP contribution in [0.2, 0.25) is 0 Å². The summed E-state index contributed by atoms with van der Waals surface area (Å²) in [6, 6.07) is 13.2. The van der Waals surface area contributed by atoms with E-state index in [0.717, 1.165) is 24.5 Å². The number of benzene rings is 1. The summed E-state index contributed by atoms with van der Waals surface area (Å²) in [4.78, 5) is 32.9. The van der Waals surface area contributed by atoms with Crippen molar-refractivity contribution in [3.63, 3.8) is 0 Å². The molecular formula is C21H26N4O2. The Bertz CT molecular complexity index is 767. The second-order valence-corrected chi connectivity index (χ2v) is 7.20. The topological polar surface area (TPSA) is 65.5 Å². The molecule has 1 aromatic heterocycles. The van der Waals surface area contributed by atoms with Crippen molar-refractivity contribution in [3.05, 3.63) is 54.2 Å². The molecule has 0 atom stereocenters. The van der Waals surface area contributed by atoms with Crippen molar-refractivity contribution in [1.82, 2.24) is 9.88 Å². The molecule has 0 aliphatic carbocycles. The molecule has 1 fully saturated rings. The fourth-order valence-corrected chi connectivity index (χ4v) is 3.13. The van der Waals surface area contributed by atoms with Crippen LogP contribution < -0.4 is 10.2 Å². The van der Waals surface area contributed by atoms with Gasteiger partial charge in [0.05, 0.1) is 11.9 Å². The number of anilines is 2. The normalized spacial score (nSPS) is 14.3. The number of carbonyl (C=O) groups is 2. The van der Waals surface area contributed by atoms with Crippen molar-refractivity contribution >= 4 is 23.3 Å². The van der Waals surface area contributed by atoms with Gasteiger partial charge in [0.15, 0.2) is 0 Å². The Morgan fingerprint density at radius 2 is 1.74 bits per heavy atom. The molecule has 1 aromatic carbocycles. The summed E-state index contributed by atoms with van der Waals surface area (Å²) in [6.45, 7) is 6.85. The lowest BCUT2D eigenvalue weighted by molar-refractivity contribution is -0.116. The van der Waals surface area contributed by atoms with Crippen LogP contribution in [0.5, 0.6) is 0 Å². The molecule has 0 unspecified atom stereocenters. The summed E-state index contributed by atoms with van der Waals surface area (Å²) in [6.07, 6.45) is 2.19. The van der Waals surface area contributed by atoms with E-state index in [1.165, 1.54) is 0 Å². The highest BCUT2D eigenvalue weighted by Gasteiger charge is 2.22. The average molecular weight is 366 g/mol. The molecule has 1 aliphatic heterocycles. The van der Waals surface area contributed by atoms with Crippen LogP contribution >= 0.6 is 0 Å². The maximum atomic E-state index is 12.5. The smallest absolute Gasteiger partial charge is 0.253 e. The Kier molecular flexibility index (Phi) is 6.06. The van der Waals surface area contributed by atoms with Gasteiger partial charge in [-0.3, -0.25) is 9.59 Å². The monoisotopic (exact) mass is 366 g/mol. The van der Waals surface area contributed by atoms with Gasteiger partial charge in [-0.2, -0.15) is 0 Å². The van der Waals surface area contributed by atoms with Crippen molar-refractivity contribution in [2.24, 2.45) is 5.92 Å². The van der Waals surface area contributed by atoms with Crippen LogP contribution in [-0.2, 0) is 4.79 Å². The highest BCUT2D eigenvalue weighted by molar-refractivity contribution is 5.94. The summed E-state index contributed by atoms with van der Waals surface area (Å²) in [7, 11) is 0. The van der Waals surface area contributed by atoms with Gasteiger partial charge < -0.3 is 15.1 Å². The quantitative estimate of drug-likeness (QED) is 0.883. The Balaban J connectivity index is 1.53. The number of pyridine rings is 1. The molecule has 0 saturated carbocycles. The number of amides is 2. The van der Waals surface area contributed by atoms with Gasteiger partial charge in [0.25, 0.3) is 5.91 Å². The minimum absolute atomic E-state index is 0.00703. The summed E-state index contributed by atoms with van der Waals surface area (Å²) in [5.41, 5.74) is 1.44. The molecule has 6 heteroatoms. The molecule has 3 rings (SSSR count). The first-order valence-electron chi connectivity index (χ1n) is 9.38. The largest absolute Gasteiger partial charge is 0.353 e. The molecule has 1 N–H and O–H groups in total. The molecule has 2 heterocycles. The van der Waals surface area contributed by atoms with Crippen LogP contribution in [0.4, 0.5) is 11.5 Å². The minimum Gasteiger partial charge on any atom is -0.353 e. The summed E-state index contributed by atoms with van der Waals surface area (Å²) in [5.74, 6) is 1.27. The van der Waals surface area contributed by atoms with Crippen LogP contribution in [0.3, 0.4) is 0 Å². The van der Waals surface area contributed by atoms with E-state index in [1.54, 1.807) is 6.20 Å². The lowest BCUT2D eigenvalue weighted by Gasteiger charge is -2.35. The fourth-order valence-electron chi connectivity index (χ4n) is 3.13. The Morgan fingerprint density at radius 3 is 2.33 bits per heavy atom. The second-order valence-electron chi connectivity index (χ2n) is 7.20. The third kappa shape index (κ3) is 5.06. The first-order chi connectivity index (χ1) is 13.0. The summed E-state index contributed by atoms with van der Waals surface area (Å²) >= 11 is 0. The Morgan fingerprint density at radius 1 is 1.04 bits per heavy atom. The zero-order valence-electron chi connectivity index (χ0n) is 15.9. The highest BCUT2D eigenvalue weighted by Crippen LogP contribution is 2.17. The lowest BCUT2D eigenvalue weighted by Crippen LogP contribution is -2.49. The van der Waals surface area contributed by atoms with Gasteiger partial charge in [-0.15, -0.1) is 0 Å². The number of aromatic nitrogens is 1. The summed E-state index contributed by atoms with van der Waals surface area (Å²) in [5, 5.41) is 2.87. The average Bonchev–Trinajstić information content (AvgIpc) is 2.68. The maximum absolute atomic E-state index is 12.5. The molecule has 27 heavy (non-hydrogen) atoms. The highest BCUT2D eigenvalue weighted by atomic mass is 16.2. The van der Waals surface area contributed by atoms with E-state index in [-0.39, 0.29) is 11.8 Å². The standard InChI is InChI=1S/C21H26N4O2/c1-16(2)14-20(26)23-18-8-9-19(22-15-18)24-10-12-25(13-11-24)21(27)17-6-4-3-5-7-17/h3-9,15-16H,10-14H2,1-2H3,(H,23,26). The maximum Gasteiger partial charge on any atom is 0.253 e. The second kappa shape index (κ2) is 8.66. The fraction of sp³-hybridized carbons (Fsp3) is 0.381. The molecule has 142 valence electrons. The van der Waals surface area contributed by atoms with Crippen molar-refractivity contribution in [1.29, 1.82) is 0 Å². The van der Waals surface area contributed by atoms with Crippen molar-refractivity contribution in [2.45, 2.75) is 20.3 Å². The van der Waals surface area contributed by atoms with Crippen LogP contribution in [-0.4, -0.2) is 47.9 Å². The predicted molar refractivity (Wildman–Crippen MR) is 107 cm³/mol. The first-order valence-corrected chi connectivity index (χ1v) is 9.38. The van der Waals surface area contributed by atoms with Crippen LogP contribution in [0.25, 0.3) is 0 Å². The molecule has 1 aliphatic rings. The number of rotatable bonds is 5. The number of carbonyl (C=O) groups excluding carboxylic acids is 2. The third-order valence-electron chi connectivity index (χ3n) is 4.54. The van der Waals surface area contributed by atoms with E-state index in [4.69, 9.17) is 0 Å².